The summed E-state index contributed by atoms with van der Waals surface area (Å²) < 4.78 is 7.91. The minimum absolute atomic E-state index is 0.0567. The van der Waals surface area contributed by atoms with Crippen molar-refractivity contribution in [1.82, 2.24) is 4.68 Å². The maximum absolute atomic E-state index is 10.9. The summed E-state index contributed by atoms with van der Waals surface area (Å²) in [4.78, 5) is 16.3. The van der Waals surface area contributed by atoms with Gasteiger partial charge in [-0.05, 0) is 42.7 Å². The predicted octanol–water partition coefficient (Wildman–Crippen LogP) is 5.99. The van der Waals surface area contributed by atoms with E-state index in [1.165, 1.54) is 31.4 Å². The third-order valence-electron chi connectivity index (χ3n) is 5.66. The second-order valence-corrected chi connectivity index (χ2v) is 8.71. The Morgan fingerprint density at radius 2 is 1.88 bits per heavy atom. The maximum Gasteiger partial charge on any atom is 0.269 e. The first-order valence-corrected chi connectivity index (χ1v) is 11.6. The zero-order valence-electron chi connectivity index (χ0n) is 17.4. The Bertz CT molecular complexity index is 1310. The number of hydrogen-bond acceptors (Lipinski definition) is 6. The van der Waals surface area contributed by atoms with Crippen LogP contribution in [-0.2, 0) is 0 Å². The molecule has 0 unspecified atom stereocenters. The Balaban J connectivity index is 1.56. The molecule has 0 N–H and O–H groups in total. The first kappa shape index (κ1) is 20.4. The topological polar surface area (TPSA) is 85.9 Å². The maximum atomic E-state index is 10.9. The number of rotatable bonds is 5. The van der Waals surface area contributed by atoms with Gasteiger partial charge in [0.05, 0.1) is 17.2 Å². The highest BCUT2D eigenvalue weighted by molar-refractivity contribution is 7.07. The predicted molar refractivity (Wildman–Crippen MR) is 126 cm³/mol. The van der Waals surface area contributed by atoms with Crippen LogP contribution in [0.1, 0.15) is 37.7 Å². The van der Waals surface area contributed by atoms with Crippen LogP contribution in [0.25, 0.3) is 22.4 Å². The second-order valence-electron chi connectivity index (χ2n) is 7.88. The van der Waals surface area contributed by atoms with Crippen molar-refractivity contribution < 1.29 is 9.34 Å². The molecule has 1 aliphatic rings. The molecule has 5 rings (SSSR count). The van der Waals surface area contributed by atoms with Crippen LogP contribution in [0.3, 0.4) is 0 Å². The van der Waals surface area contributed by atoms with Gasteiger partial charge in [-0.3, -0.25) is 15.1 Å². The summed E-state index contributed by atoms with van der Waals surface area (Å²) in [5, 5.41) is 18.7. The van der Waals surface area contributed by atoms with Crippen molar-refractivity contribution in [2.45, 2.75) is 38.1 Å². The molecule has 7 nitrogen and oxygen atoms in total. The van der Waals surface area contributed by atoms with Crippen LogP contribution in [0.15, 0.2) is 74.5 Å². The van der Waals surface area contributed by atoms with Crippen molar-refractivity contribution in [1.29, 1.82) is 0 Å². The largest absolute Gasteiger partial charge is 0.454 e. The van der Waals surface area contributed by atoms with Gasteiger partial charge in [0.25, 0.3) is 5.69 Å². The number of nitro benzene ring substituents is 1. The lowest BCUT2D eigenvalue weighted by Crippen LogP contribution is -2.18. The number of nitrogens with zero attached hydrogens (tertiary/aromatic N) is 4. The third-order valence-corrected chi connectivity index (χ3v) is 6.49. The summed E-state index contributed by atoms with van der Waals surface area (Å²) >= 11 is 1.55. The molecule has 2 aromatic carbocycles. The Hall–Kier alpha value is -3.52. The Morgan fingerprint density at radius 3 is 2.62 bits per heavy atom. The molecule has 2 heterocycles. The van der Waals surface area contributed by atoms with Crippen molar-refractivity contribution in [3.8, 4) is 11.5 Å². The molecule has 1 aliphatic carbocycles. The number of fused-ring (bicyclic) bond motifs is 1. The Labute approximate surface area is 188 Å². The molecule has 0 saturated heterocycles. The molecule has 0 radical (unpaired) electrons. The molecule has 8 heteroatoms. The van der Waals surface area contributed by atoms with Crippen molar-refractivity contribution in [3.63, 3.8) is 0 Å². The molecule has 32 heavy (non-hydrogen) atoms. The normalized spacial score (nSPS) is 15.7. The van der Waals surface area contributed by atoms with Gasteiger partial charge < -0.3 is 4.42 Å². The van der Waals surface area contributed by atoms with E-state index in [1.807, 2.05) is 40.4 Å². The molecule has 162 valence electrons. The van der Waals surface area contributed by atoms with Crippen molar-refractivity contribution in [3.05, 3.63) is 80.5 Å². The number of non-ortho nitro benzene ring substituents is 1. The summed E-state index contributed by atoms with van der Waals surface area (Å²) in [5.41, 5.74) is 2.49. The highest BCUT2D eigenvalue weighted by Gasteiger charge is 2.16. The van der Waals surface area contributed by atoms with E-state index >= 15 is 0 Å². The first-order valence-electron chi connectivity index (χ1n) is 10.7. The van der Waals surface area contributed by atoms with Gasteiger partial charge in [-0.25, -0.2) is 4.68 Å². The van der Waals surface area contributed by atoms with Crippen LogP contribution < -0.4 is 4.80 Å². The number of benzene rings is 2. The molecule has 1 fully saturated rings. The van der Waals surface area contributed by atoms with E-state index in [0.717, 1.165) is 45.6 Å². The second kappa shape index (κ2) is 8.92. The average Bonchev–Trinajstić information content (AvgIpc) is 3.42. The molecule has 2 aromatic heterocycles. The number of aromatic nitrogens is 1. The van der Waals surface area contributed by atoms with E-state index in [2.05, 4.69) is 0 Å². The highest BCUT2D eigenvalue weighted by Crippen LogP contribution is 2.28. The minimum Gasteiger partial charge on any atom is -0.454 e. The molecule has 0 spiro atoms. The zero-order valence-corrected chi connectivity index (χ0v) is 18.2. The molecular formula is C24H22N4O3S. The Morgan fingerprint density at radius 1 is 1.09 bits per heavy atom. The summed E-state index contributed by atoms with van der Waals surface area (Å²) in [6.45, 7) is 0. The fourth-order valence-corrected chi connectivity index (χ4v) is 4.84. The van der Waals surface area contributed by atoms with Crippen LogP contribution in [0.4, 0.5) is 5.69 Å². The Kier molecular flexibility index (Phi) is 5.68. The van der Waals surface area contributed by atoms with Gasteiger partial charge >= 0.3 is 0 Å². The van der Waals surface area contributed by atoms with Crippen molar-refractivity contribution in [2.75, 3.05) is 0 Å². The average molecular weight is 447 g/mol. The number of furan rings is 1. The summed E-state index contributed by atoms with van der Waals surface area (Å²) in [6.07, 6.45) is 7.60. The van der Waals surface area contributed by atoms with Crippen LogP contribution >= 0.6 is 11.3 Å². The lowest BCUT2D eigenvalue weighted by atomic mass is 9.96. The number of thiazole rings is 1. The van der Waals surface area contributed by atoms with Gasteiger partial charge in [-0.1, -0.05) is 37.5 Å². The van der Waals surface area contributed by atoms with Gasteiger partial charge in [0.2, 0.25) is 4.80 Å². The van der Waals surface area contributed by atoms with E-state index in [4.69, 9.17) is 14.5 Å². The standard InChI is InChI=1S/C24H22N4O3S/c29-28(30)20-12-10-17(11-13-20)15-25-27-21(23-14-18-6-4-5-9-22(18)31-23)16-32-24(27)26-19-7-2-1-3-8-19/h4-6,9-16,19H,1-3,7-8H2. The molecule has 0 aliphatic heterocycles. The van der Waals surface area contributed by atoms with Crippen molar-refractivity contribution in [2.24, 2.45) is 10.1 Å². The first-order chi connectivity index (χ1) is 15.7. The molecular weight excluding hydrogens is 424 g/mol. The SMILES string of the molecule is O=[N+]([O-])c1ccc(C=Nn2c(-c3cc4ccccc4o3)csc2=NC2CCCCC2)cc1. The van der Waals surface area contributed by atoms with Crippen molar-refractivity contribution >= 4 is 34.2 Å². The van der Waals surface area contributed by atoms with Crippen LogP contribution in [0, 0.1) is 10.1 Å². The quantitative estimate of drug-likeness (QED) is 0.214. The third kappa shape index (κ3) is 4.27. The smallest absolute Gasteiger partial charge is 0.269 e. The van der Waals surface area contributed by atoms with Gasteiger partial charge in [0.15, 0.2) is 5.76 Å². The van der Waals surface area contributed by atoms with Crippen LogP contribution in [0.5, 0.6) is 0 Å². The fraction of sp³-hybridized carbons (Fsp3) is 0.250. The van der Waals surface area contributed by atoms with E-state index in [1.54, 1.807) is 29.7 Å². The highest BCUT2D eigenvalue weighted by atomic mass is 32.1. The molecule has 0 amide bonds. The lowest BCUT2D eigenvalue weighted by Gasteiger charge is -2.16. The number of nitro groups is 1. The van der Waals surface area contributed by atoms with E-state index in [0.29, 0.717) is 6.04 Å². The van der Waals surface area contributed by atoms with E-state index in [9.17, 15) is 10.1 Å². The lowest BCUT2D eigenvalue weighted by molar-refractivity contribution is -0.384. The molecule has 0 bridgehead atoms. The minimum atomic E-state index is -0.407. The summed E-state index contributed by atoms with van der Waals surface area (Å²) in [6, 6.07) is 16.6. The molecule has 1 saturated carbocycles. The van der Waals surface area contributed by atoms with Gasteiger partial charge in [0, 0.05) is 22.9 Å². The monoisotopic (exact) mass is 446 g/mol. The van der Waals surface area contributed by atoms with Crippen LogP contribution in [-0.4, -0.2) is 21.9 Å². The van der Waals surface area contributed by atoms with Gasteiger partial charge in [-0.15, -0.1) is 11.3 Å². The van der Waals surface area contributed by atoms with E-state index < -0.39 is 4.92 Å². The van der Waals surface area contributed by atoms with Gasteiger partial charge in [-0.2, -0.15) is 5.10 Å². The number of para-hydroxylation sites is 1. The number of hydrogen-bond donors (Lipinski definition) is 0. The summed E-state index contributed by atoms with van der Waals surface area (Å²) in [5.74, 6) is 0.730. The molecule has 4 aromatic rings. The van der Waals surface area contributed by atoms with Gasteiger partial charge in [0.1, 0.15) is 11.3 Å². The molecule has 0 atom stereocenters. The van der Waals surface area contributed by atoms with E-state index in [-0.39, 0.29) is 5.69 Å². The summed E-state index contributed by atoms with van der Waals surface area (Å²) in [7, 11) is 0. The zero-order chi connectivity index (χ0) is 21.9. The fourth-order valence-electron chi connectivity index (χ4n) is 3.95. The van der Waals surface area contributed by atoms with Crippen LogP contribution in [0.2, 0.25) is 0 Å².